The largest absolute Gasteiger partial charge is 0.304 e. The van der Waals surface area contributed by atoms with Gasteiger partial charge in [0.05, 0.1) is 6.54 Å². The molecule has 0 bridgehead atoms. The van der Waals surface area contributed by atoms with E-state index in [2.05, 4.69) is 10.4 Å². The maximum atomic E-state index is 13.7. The zero-order chi connectivity index (χ0) is 17.1. The van der Waals surface area contributed by atoms with Crippen molar-refractivity contribution < 1.29 is 13.6 Å². The molecule has 0 saturated heterocycles. The summed E-state index contributed by atoms with van der Waals surface area (Å²) in [6, 6.07) is 11.6. The number of nitrogens with one attached hydrogen (secondary N) is 1. The lowest BCUT2D eigenvalue weighted by Crippen LogP contribution is -2.13. The average Bonchev–Trinajstić information content (AvgIpc) is 2.89. The first-order valence-electron chi connectivity index (χ1n) is 7.06. The Morgan fingerprint density at radius 2 is 1.96 bits per heavy atom. The van der Waals surface area contributed by atoms with Gasteiger partial charge in [-0.2, -0.15) is 5.10 Å². The van der Waals surface area contributed by atoms with Gasteiger partial charge in [0.2, 0.25) is 0 Å². The molecule has 0 aliphatic rings. The van der Waals surface area contributed by atoms with Gasteiger partial charge in [-0.1, -0.05) is 35.9 Å². The van der Waals surface area contributed by atoms with Crippen LogP contribution in [0.15, 0.2) is 54.7 Å². The highest BCUT2D eigenvalue weighted by Crippen LogP contribution is 2.21. The number of hydrogen-bond donors (Lipinski definition) is 1. The molecule has 7 heteroatoms. The van der Waals surface area contributed by atoms with Crippen LogP contribution in [-0.2, 0) is 6.54 Å². The van der Waals surface area contributed by atoms with Gasteiger partial charge in [0.25, 0.3) is 5.91 Å². The summed E-state index contributed by atoms with van der Waals surface area (Å²) in [6.07, 6.45) is 1.48. The Bertz CT molecular complexity index is 895. The molecule has 4 nitrogen and oxygen atoms in total. The van der Waals surface area contributed by atoms with Crippen LogP contribution in [-0.4, -0.2) is 15.7 Å². The first-order valence-corrected chi connectivity index (χ1v) is 7.44. The van der Waals surface area contributed by atoms with Gasteiger partial charge in [0.1, 0.15) is 16.7 Å². The number of carbonyl (C=O) groups excluding carboxylic acids is 1. The molecule has 0 radical (unpaired) electrons. The summed E-state index contributed by atoms with van der Waals surface area (Å²) in [5.74, 6) is -1.27. The smallest absolute Gasteiger partial charge is 0.257 e. The lowest BCUT2D eigenvalue weighted by molar-refractivity contribution is 0.102. The van der Waals surface area contributed by atoms with E-state index >= 15 is 0 Å². The van der Waals surface area contributed by atoms with E-state index in [1.54, 1.807) is 18.2 Å². The summed E-state index contributed by atoms with van der Waals surface area (Å²) >= 11 is 6.05. The van der Waals surface area contributed by atoms with E-state index in [1.807, 2.05) is 0 Å². The minimum atomic E-state index is -0.535. The lowest BCUT2D eigenvalue weighted by Gasteiger charge is -2.04. The number of aromatic nitrogens is 2. The molecule has 1 aromatic heterocycles. The van der Waals surface area contributed by atoms with Gasteiger partial charge in [-0.15, -0.1) is 0 Å². The van der Waals surface area contributed by atoms with Gasteiger partial charge in [-0.05, 0) is 24.3 Å². The van der Waals surface area contributed by atoms with Gasteiger partial charge >= 0.3 is 0 Å². The van der Waals surface area contributed by atoms with Crippen LogP contribution in [0, 0.1) is 11.6 Å². The number of hydrogen-bond acceptors (Lipinski definition) is 2. The van der Waals surface area contributed by atoms with Crippen molar-refractivity contribution in [1.29, 1.82) is 0 Å². The van der Waals surface area contributed by atoms with Crippen molar-refractivity contribution in [3.05, 3.63) is 82.5 Å². The second kappa shape index (κ2) is 6.80. The Hall–Kier alpha value is -2.73. The van der Waals surface area contributed by atoms with Crippen LogP contribution in [0.25, 0.3) is 0 Å². The summed E-state index contributed by atoms with van der Waals surface area (Å²) in [4.78, 5) is 12.1. The van der Waals surface area contributed by atoms with Gasteiger partial charge < -0.3 is 5.32 Å². The molecular weight excluding hydrogens is 336 g/mol. The van der Waals surface area contributed by atoms with E-state index < -0.39 is 11.7 Å². The van der Waals surface area contributed by atoms with Crippen LogP contribution in [0.4, 0.5) is 14.6 Å². The maximum absolute atomic E-state index is 13.7. The molecule has 0 spiro atoms. The van der Waals surface area contributed by atoms with Crippen molar-refractivity contribution in [2.24, 2.45) is 0 Å². The quantitative estimate of drug-likeness (QED) is 0.772. The third kappa shape index (κ3) is 3.60. The van der Waals surface area contributed by atoms with Crippen LogP contribution in [0.3, 0.4) is 0 Å². The van der Waals surface area contributed by atoms with Crippen LogP contribution >= 0.6 is 11.6 Å². The van der Waals surface area contributed by atoms with Crippen molar-refractivity contribution in [3.8, 4) is 0 Å². The number of nitrogens with zero attached hydrogens (tertiary/aromatic N) is 2. The van der Waals surface area contributed by atoms with E-state index in [1.165, 1.54) is 35.1 Å². The van der Waals surface area contributed by atoms with Crippen molar-refractivity contribution in [2.45, 2.75) is 6.54 Å². The Balaban J connectivity index is 1.77. The Morgan fingerprint density at radius 3 is 2.71 bits per heavy atom. The molecule has 0 saturated carbocycles. The first-order chi connectivity index (χ1) is 11.5. The number of rotatable bonds is 4. The fraction of sp³-hybridized carbons (Fsp3) is 0.0588. The Labute approximate surface area is 141 Å². The molecule has 0 aliphatic carbocycles. The topological polar surface area (TPSA) is 46.9 Å². The zero-order valence-corrected chi connectivity index (χ0v) is 13.1. The third-order valence-electron chi connectivity index (χ3n) is 3.33. The molecular formula is C17H12ClF2N3O. The van der Waals surface area contributed by atoms with E-state index in [-0.39, 0.29) is 28.8 Å². The lowest BCUT2D eigenvalue weighted by atomic mass is 10.2. The molecule has 3 rings (SSSR count). The van der Waals surface area contributed by atoms with Gasteiger partial charge in [0.15, 0.2) is 5.82 Å². The van der Waals surface area contributed by atoms with Crippen LogP contribution in [0.1, 0.15) is 15.9 Å². The molecule has 3 aromatic rings. The van der Waals surface area contributed by atoms with Crippen LogP contribution in [0.2, 0.25) is 5.02 Å². The number of halogens is 3. The summed E-state index contributed by atoms with van der Waals surface area (Å²) in [5, 5.41) is 6.84. The second-order valence-corrected chi connectivity index (χ2v) is 5.49. The minimum absolute atomic E-state index is 0.127. The maximum Gasteiger partial charge on any atom is 0.257 e. The highest BCUT2D eigenvalue weighted by atomic mass is 35.5. The highest BCUT2D eigenvalue weighted by Gasteiger charge is 2.13. The number of anilines is 1. The average molecular weight is 348 g/mol. The van der Waals surface area contributed by atoms with Crippen molar-refractivity contribution in [1.82, 2.24) is 9.78 Å². The fourth-order valence-electron chi connectivity index (χ4n) is 2.17. The monoisotopic (exact) mass is 347 g/mol. The van der Waals surface area contributed by atoms with Gasteiger partial charge in [-0.25, -0.2) is 8.78 Å². The standard InChI is InChI=1S/C17H12ClF2N3O/c18-14-10-23(9-12-4-1-2-7-15(12)20)22-16(14)21-17(24)11-5-3-6-13(19)8-11/h1-8,10H,9H2,(H,21,22,24). The Morgan fingerprint density at radius 1 is 1.17 bits per heavy atom. The van der Waals surface area contributed by atoms with Crippen LogP contribution < -0.4 is 5.32 Å². The third-order valence-corrected chi connectivity index (χ3v) is 3.60. The number of benzene rings is 2. The van der Waals surface area contributed by atoms with E-state index in [0.717, 1.165) is 6.07 Å². The zero-order valence-electron chi connectivity index (χ0n) is 12.3. The van der Waals surface area contributed by atoms with E-state index in [9.17, 15) is 13.6 Å². The minimum Gasteiger partial charge on any atom is -0.304 e. The molecule has 1 amide bonds. The summed E-state index contributed by atoms with van der Waals surface area (Å²) in [7, 11) is 0. The van der Waals surface area contributed by atoms with Crippen LogP contribution in [0.5, 0.6) is 0 Å². The molecule has 0 atom stereocenters. The fourth-order valence-corrected chi connectivity index (χ4v) is 2.37. The number of carbonyl (C=O) groups is 1. The van der Waals surface area contributed by atoms with Gasteiger partial charge in [0, 0.05) is 17.3 Å². The predicted octanol–water partition coefficient (Wildman–Crippen LogP) is 4.12. The second-order valence-electron chi connectivity index (χ2n) is 5.08. The molecule has 0 unspecified atom stereocenters. The number of amides is 1. The van der Waals surface area contributed by atoms with E-state index in [4.69, 9.17) is 11.6 Å². The predicted molar refractivity (Wildman–Crippen MR) is 87.1 cm³/mol. The summed E-state index contributed by atoms with van der Waals surface area (Å²) in [5.41, 5.74) is 0.592. The molecule has 1 heterocycles. The summed E-state index contributed by atoms with van der Waals surface area (Å²) in [6.45, 7) is 0.169. The molecule has 0 aliphatic heterocycles. The first kappa shape index (κ1) is 16.1. The van der Waals surface area contributed by atoms with Gasteiger partial charge in [-0.3, -0.25) is 9.48 Å². The normalized spacial score (nSPS) is 10.6. The summed E-state index contributed by atoms with van der Waals surface area (Å²) < 4.78 is 28.3. The molecule has 24 heavy (non-hydrogen) atoms. The Kier molecular flexibility index (Phi) is 4.57. The molecule has 0 fully saturated rings. The molecule has 122 valence electrons. The molecule has 2 aromatic carbocycles. The van der Waals surface area contributed by atoms with Crippen molar-refractivity contribution in [3.63, 3.8) is 0 Å². The van der Waals surface area contributed by atoms with Crippen molar-refractivity contribution >= 4 is 23.3 Å². The van der Waals surface area contributed by atoms with E-state index in [0.29, 0.717) is 5.56 Å². The highest BCUT2D eigenvalue weighted by molar-refractivity contribution is 6.33. The SMILES string of the molecule is O=C(Nc1nn(Cc2ccccc2F)cc1Cl)c1cccc(F)c1. The van der Waals surface area contributed by atoms with Crippen molar-refractivity contribution in [2.75, 3.05) is 5.32 Å². The molecule has 1 N–H and O–H groups in total.